The summed E-state index contributed by atoms with van der Waals surface area (Å²) < 4.78 is 34.4. The number of aliphatic hydroxyl groups excluding tert-OH is 1. The fourth-order valence-corrected chi connectivity index (χ4v) is 4.68. The molecule has 2 atom stereocenters. The summed E-state index contributed by atoms with van der Waals surface area (Å²) in [6.45, 7) is 6.85. The number of nitrogens with one attached hydrogen (secondary N) is 1. The Kier molecular flexibility index (Phi) is 9.69. The standard InChI is InChI=1S/C19H35NO7S/c1-5-26-17(22)13-28(24,25)12-16(21)15(11-14-9-7-6-8-10-14)20-18(23)27-19(2,3)4/h14-16,21H,5-13H2,1-4H3,(H,20,23)/t15-,16+/m0/s1. The van der Waals surface area contributed by atoms with Crippen LogP contribution in [0.3, 0.4) is 0 Å². The Labute approximate surface area is 168 Å². The van der Waals surface area contributed by atoms with Crippen molar-refractivity contribution in [2.24, 2.45) is 5.92 Å². The van der Waals surface area contributed by atoms with E-state index in [0.717, 1.165) is 32.1 Å². The highest BCUT2D eigenvalue weighted by Gasteiger charge is 2.32. The lowest BCUT2D eigenvalue weighted by atomic mass is 9.84. The van der Waals surface area contributed by atoms with E-state index in [-0.39, 0.29) is 6.61 Å². The van der Waals surface area contributed by atoms with Crippen LogP contribution < -0.4 is 5.32 Å². The van der Waals surface area contributed by atoms with Crippen molar-refractivity contribution in [2.45, 2.75) is 84.0 Å². The van der Waals surface area contributed by atoms with Crippen molar-refractivity contribution < 1.29 is 32.6 Å². The molecule has 1 aliphatic rings. The minimum atomic E-state index is -3.88. The van der Waals surface area contributed by atoms with Crippen molar-refractivity contribution in [3.05, 3.63) is 0 Å². The van der Waals surface area contributed by atoms with Crippen LogP contribution in [0.15, 0.2) is 0 Å². The number of esters is 1. The van der Waals surface area contributed by atoms with Gasteiger partial charge in [-0.25, -0.2) is 13.2 Å². The van der Waals surface area contributed by atoms with E-state index in [2.05, 4.69) is 10.1 Å². The predicted molar refractivity (Wildman–Crippen MR) is 106 cm³/mol. The van der Waals surface area contributed by atoms with Crippen LogP contribution >= 0.6 is 0 Å². The first-order chi connectivity index (χ1) is 12.9. The number of carbonyl (C=O) groups excluding carboxylic acids is 2. The fraction of sp³-hybridized carbons (Fsp3) is 0.895. The number of hydrogen-bond donors (Lipinski definition) is 2. The number of alkyl carbamates (subject to hydrolysis) is 1. The summed E-state index contributed by atoms with van der Waals surface area (Å²) in [7, 11) is -3.88. The number of hydrogen-bond acceptors (Lipinski definition) is 7. The lowest BCUT2D eigenvalue weighted by Gasteiger charge is -2.31. The largest absolute Gasteiger partial charge is 0.465 e. The van der Waals surface area contributed by atoms with Gasteiger partial charge in [0.15, 0.2) is 9.84 Å². The lowest BCUT2D eigenvalue weighted by molar-refractivity contribution is -0.139. The van der Waals surface area contributed by atoms with Crippen molar-refractivity contribution in [2.75, 3.05) is 18.1 Å². The van der Waals surface area contributed by atoms with Crippen LogP contribution in [-0.4, -0.2) is 61.4 Å². The van der Waals surface area contributed by atoms with E-state index in [0.29, 0.717) is 12.3 Å². The molecule has 0 unspecified atom stereocenters. The highest BCUT2D eigenvalue weighted by Crippen LogP contribution is 2.28. The van der Waals surface area contributed by atoms with Gasteiger partial charge in [0.25, 0.3) is 0 Å². The Morgan fingerprint density at radius 1 is 1.18 bits per heavy atom. The van der Waals surface area contributed by atoms with Crippen molar-refractivity contribution in [3.8, 4) is 0 Å². The summed E-state index contributed by atoms with van der Waals surface area (Å²) in [6.07, 6.45) is 3.72. The zero-order valence-electron chi connectivity index (χ0n) is 17.4. The molecular formula is C19H35NO7S. The molecule has 164 valence electrons. The van der Waals surface area contributed by atoms with Gasteiger partial charge in [-0.2, -0.15) is 0 Å². The SMILES string of the molecule is CCOC(=O)CS(=O)(=O)C[C@@H](O)[C@H](CC1CCCCC1)NC(=O)OC(C)(C)C. The van der Waals surface area contributed by atoms with Gasteiger partial charge in [-0.3, -0.25) is 4.79 Å². The predicted octanol–water partition coefficient (Wildman–Crippen LogP) is 2.19. The van der Waals surface area contributed by atoms with Gasteiger partial charge < -0.3 is 19.9 Å². The molecule has 1 rings (SSSR count). The Morgan fingerprint density at radius 2 is 1.79 bits per heavy atom. The maximum Gasteiger partial charge on any atom is 0.407 e. The third kappa shape index (κ3) is 10.3. The summed E-state index contributed by atoms with van der Waals surface area (Å²) in [6, 6.07) is -0.769. The maximum atomic E-state index is 12.2. The van der Waals surface area contributed by atoms with E-state index in [4.69, 9.17) is 4.74 Å². The zero-order chi connectivity index (χ0) is 21.4. The van der Waals surface area contributed by atoms with E-state index in [1.807, 2.05) is 0 Å². The summed E-state index contributed by atoms with van der Waals surface area (Å²) in [5.74, 6) is -1.96. The van der Waals surface area contributed by atoms with Crippen LogP contribution in [-0.2, 0) is 24.1 Å². The van der Waals surface area contributed by atoms with E-state index in [1.165, 1.54) is 0 Å². The van der Waals surface area contributed by atoms with Gasteiger partial charge in [-0.05, 0) is 40.0 Å². The molecule has 0 aromatic rings. The molecule has 1 saturated carbocycles. The summed E-state index contributed by atoms with van der Waals surface area (Å²) >= 11 is 0. The van der Waals surface area contributed by atoms with E-state index in [1.54, 1.807) is 27.7 Å². The average Bonchev–Trinajstić information content (AvgIpc) is 2.52. The third-order valence-electron chi connectivity index (χ3n) is 4.55. The summed E-state index contributed by atoms with van der Waals surface area (Å²) in [5, 5.41) is 13.2. The molecule has 9 heteroatoms. The first-order valence-corrected chi connectivity index (χ1v) is 11.8. The summed E-state index contributed by atoms with van der Waals surface area (Å²) in [4.78, 5) is 23.7. The van der Waals surface area contributed by atoms with E-state index in [9.17, 15) is 23.1 Å². The molecule has 0 spiro atoms. The van der Waals surface area contributed by atoms with Gasteiger partial charge in [0.05, 0.1) is 24.5 Å². The first kappa shape index (κ1) is 24.7. The highest BCUT2D eigenvalue weighted by atomic mass is 32.2. The van der Waals surface area contributed by atoms with Gasteiger partial charge >= 0.3 is 12.1 Å². The van der Waals surface area contributed by atoms with E-state index >= 15 is 0 Å². The van der Waals surface area contributed by atoms with Crippen molar-refractivity contribution in [3.63, 3.8) is 0 Å². The van der Waals surface area contributed by atoms with E-state index < -0.39 is 51.2 Å². The second-order valence-corrected chi connectivity index (χ2v) is 10.5. The lowest BCUT2D eigenvalue weighted by Crippen LogP contribution is -2.49. The second-order valence-electron chi connectivity index (χ2n) is 8.42. The van der Waals surface area contributed by atoms with Crippen LogP contribution in [0.4, 0.5) is 4.79 Å². The van der Waals surface area contributed by atoms with Gasteiger partial charge in [0.1, 0.15) is 11.4 Å². The maximum absolute atomic E-state index is 12.2. The molecule has 0 aromatic carbocycles. The topological polar surface area (TPSA) is 119 Å². The minimum Gasteiger partial charge on any atom is -0.465 e. The molecule has 0 aliphatic heterocycles. The molecule has 2 N–H and O–H groups in total. The van der Waals surface area contributed by atoms with Gasteiger partial charge in [-0.15, -0.1) is 0 Å². The molecule has 8 nitrogen and oxygen atoms in total. The Bertz CT molecular complexity index is 606. The van der Waals surface area contributed by atoms with Gasteiger partial charge in [-0.1, -0.05) is 32.1 Å². The van der Waals surface area contributed by atoms with Crippen LogP contribution in [0.25, 0.3) is 0 Å². The van der Waals surface area contributed by atoms with Crippen molar-refractivity contribution in [1.29, 1.82) is 0 Å². The van der Waals surface area contributed by atoms with Crippen LogP contribution in [0, 0.1) is 5.92 Å². The molecule has 0 aromatic heterocycles. The molecule has 1 fully saturated rings. The number of sulfone groups is 1. The number of carbonyl (C=O) groups is 2. The number of ether oxygens (including phenoxy) is 2. The summed E-state index contributed by atoms with van der Waals surface area (Å²) in [5.41, 5.74) is -0.708. The molecule has 0 bridgehead atoms. The Morgan fingerprint density at radius 3 is 2.32 bits per heavy atom. The highest BCUT2D eigenvalue weighted by molar-refractivity contribution is 7.92. The molecule has 0 heterocycles. The van der Waals surface area contributed by atoms with Gasteiger partial charge in [0.2, 0.25) is 0 Å². The smallest absolute Gasteiger partial charge is 0.407 e. The van der Waals surface area contributed by atoms with Gasteiger partial charge in [0, 0.05) is 0 Å². The number of amides is 1. The fourth-order valence-electron chi connectivity index (χ4n) is 3.37. The number of rotatable bonds is 9. The van der Waals surface area contributed by atoms with Crippen LogP contribution in [0.5, 0.6) is 0 Å². The molecular weight excluding hydrogens is 386 g/mol. The normalized spacial score (nSPS) is 18.2. The Hall–Kier alpha value is -1.35. The molecule has 0 saturated heterocycles. The molecule has 28 heavy (non-hydrogen) atoms. The number of aliphatic hydroxyl groups is 1. The second kappa shape index (κ2) is 11.0. The van der Waals surface area contributed by atoms with Crippen molar-refractivity contribution in [1.82, 2.24) is 5.32 Å². The quantitative estimate of drug-likeness (QED) is 0.548. The monoisotopic (exact) mass is 421 g/mol. The third-order valence-corrected chi connectivity index (χ3v) is 6.07. The molecule has 1 amide bonds. The van der Waals surface area contributed by atoms with Crippen LogP contribution in [0.2, 0.25) is 0 Å². The van der Waals surface area contributed by atoms with Crippen LogP contribution in [0.1, 0.15) is 66.2 Å². The Balaban J connectivity index is 2.80. The first-order valence-electron chi connectivity index (χ1n) is 9.95. The molecule has 1 aliphatic carbocycles. The molecule has 0 radical (unpaired) electrons. The van der Waals surface area contributed by atoms with Crippen molar-refractivity contribution >= 4 is 21.9 Å². The average molecular weight is 422 g/mol. The minimum absolute atomic E-state index is 0.0847. The zero-order valence-corrected chi connectivity index (χ0v) is 18.2.